The fraction of sp³-hybridized carbons (Fsp3) is 0.900. The zero-order valence-corrected chi connectivity index (χ0v) is 11.5. The van der Waals surface area contributed by atoms with Gasteiger partial charge in [0.05, 0.1) is 6.61 Å². The van der Waals surface area contributed by atoms with Crippen LogP contribution in [0.4, 0.5) is 0 Å². The van der Waals surface area contributed by atoms with Gasteiger partial charge in [0, 0.05) is 12.8 Å². The normalized spacial score (nSPS) is 15.1. The molecule has 0 aromatic heterocycles. The van der Waals surface area contributed by atoms with Crippen molar-refractivity contribution in [3.05, 3.63) is 0 Å². The second kappa shape index (κ2) is 8.41. The van der Waals surface area contributed by atoms with Crippen molar-refractivity contribution in [3.8, 4) is 0 Å². The molecule has 0 aliphatic rings. The van der Waals surface area contributed by atoms with Crippen LogP contribution in [0.15, 0.2) is 0 Å². The third kappa shape index (κ3) is 9.34. The van der Waals surface area contributed by atoms with E-state index < -0.39 is 28.5 Å². The van der Waals surface area contributed by atoms with Crippen molar-refractivity contribution in [1.29, 1.82) is 0 Å². The Morgan fingerprint density at radius 3 is 2.44 bits per heavy atom. The van der Waals surface area contributed by atoms with Crippen LogP contribution in [-0.4, -0.2) is 32.4 Å². The van der Waals surface area contributed by atoms with E-state index in [1.54, 1.807) is 0 Å². The van der Waals surface area contributed by atoms with E-state index in [0.717, 1.165) is 26.2 Å². The summed E-state index contributed by atoms with van der Waals surface area (Å²) >= 11 is 0. The second-order valence-corrected chi connectivity index (χ2v) is 5.25. The number of aliphatic hydroxyl groups is 1. The van der Waals surface area contributed by atoms with Crippen LogP contribution in [0.25, 0.3) is 0 Å². The van der Waals surface area contributed by atoms with E-state index in [2.05, 4.69) is 8.92 Å². The zero-order valence-electron chi connectivity index (χ0n) is 10.7. The molecule has 2 atom stereocenters. The van der Waals surface area contributed by atoms with Crippen LogP contribution in [0.5, 0.6) is 0 Å². The molecule has 108 valence electrons. The largest absolute Gasteiger partial charge is 0.436 e. The summed E-state index contributed by atoms with van der Waals surface area (Å²) in [6.45, 7) is 2.86. The first kappa shape index (κ1) is 17.3. The molecule has 0 heterocycles. The molecule has 0 spiro atoms. The molecule has 0 aliphatic carbocycles. The predicted molar refractivity (Wildman–Crippen MR) is 64.5 cm³/mol. The quantitative estimate of drug-likeness (QED) is 0.357. The molecule has 0 rings (SSSR count). The number of carbonyl (C=O) groups is 1. The molecule has 8 heteroatoms. The summed E-state index contributed by atoms with van der Waals surface area (Å²) in [6.07, 6.45) is 1.78. The lowest BCUT2D eigenvalue weighted by Gasteiger charge is -2.21. The highest BCUT2D eigenvalue weighted by atomic mass is 32.2. The first-order valence-electron chi connectivity index (χ1n) is 5.78. The summed E-state index contributed by atoms with van der Waals surface area (Å²) in [7, 11) is -4.06. The number of aliphatic hydroxyl groups excluding tert-OH is 1. The Kier molecular flexibility index (Phi) is 8.08. The molecule has 0 aromatic rings. The Labute approximate surface area is 108 Å². The van der Waals surface area contributed by atoms with Crippen molar-refractivity contribution in [2.45, 2.75) is 45.8 Å². The van der Waals surface area contributed by atoms with E-state index in [4.69, 9.17) is 5.14 Å². The lowest BCUT2D eigenvalue weighted by molar-refractivity contribution is -0.176. The van der Waals surface area contributed by atoms with E-state index >= 15 is 0 Å². The fourth-order valence-corrected chi connectivity index (χ4v) is 1.78. The predicted octanol–water partition coefficient (Wildman–Crippen LogP) is 0.285. The van der Waals surface area contributed by atoms with E-state index in [-0.39, 0.29) is 6.61 Å². The maximum atomic E-state index is 10.7. The zero-order chi connectivity index (χ0) is 14.2. The van der Waals surface area contributed by atoms with Gasteiger partial charge in [-0.05, 0) is 6.42 Å². The summed E-state index contributed by atoms with van der Waals surface area (Å²) in [6, 6.07) is 0. The van der Waals surface area contributed by atoms with E-state index in [0.29, 0.717) is 6.42 Å². The van der Waals surface area contributed by atoms with Gasteiger partial charge in [-0.3, -0.25) is 8.98 Å². The topological polar surface area (TPSA) is 116 Å². The average molecular weight is 283 g/mol. The van der Waals surface area contributed by atoms with Crippen molar-refractivity contribution in [1.82, 2.24) is 0 Å². The molecule has 0 aromatic carbocycles. The Morgan fingerprint density at radius 2 is 2.00 bits per heavy atom. The maximum Gasteiger partial charge on any atom is 0.333 e. The van der Waals surface area contributed by atoms with Gasteiger partial charge in [-0.1, -0.05) is 26.2 Å². The highest BCUT2D eigenvalue weighted by Gasteiger charge is 2.23. The molecule has 18 heavy (non-hydrogen) atoms. The minimum absolute atomic E-state index is 0.309. The number of ether oxygens (including phenoxy) is 1. The number of hydrogen-bond donors (Lipinski definition) is 2. The highest BCUT2D eigenvalue weighted by molar-refractivity contribution is 7.84. The molecule has 0 saturated carbocycles. The van der Waals surface area contributed by atoms with Crippen molar-refractivity contribution in [3.63, 3.8) is 0 Å². The number of rotatable bonds is 9. The number of hydrogen-bond acceptors (Lipinski definition) is 6. The SMILES string of the molecule is CCCCCC(COS(N)(=O)=O)[C@@H](O)OC(C)=O. The summed E-state index contributed by atoms with van der Waals surface area (Å²) in [5.41, 5.74) is 0. The first-order chi connectivity index (χ1) is 8.26. The van der Waals surface area contributed by atoms with Crippen molar-refractivity contribution >= 4 is 16.3 Å². The van der Waals surface area contributed by atoms with Gasteiger partial charge >= 0.3 is 16.3 Å². The molecule has 0 radical (unpaired) electrons. The molecular formula is C10H21NO6S. The van der Waals surface area contributed by atoms with Gasteiger partial charge in [0.1, 0.15) is 0 Å². The van der Waals surface area contributed by atoms with Gasteiger partial charge in [0.15, 0.2) is 0 Å². The molecule has 0 amide bonds. The molecule has 0 bridgehead atoms. The Bertz CT molecular complexity index is 342. The van der Waals surface area contributed by atoms with Crippen molar-refractivity contribution in [2.75, 3.05) is 6.61 Å². The third-order valence-corrected chi connectivity index (χ3v) is 2.78. The minimum atomic E-state index is -4.06. The Balaban J connectivity index is 4.35. The minimum Gasteiger partial charge on any atom is -0.436 e. The van der Waals surface area contributed by atoms with Crippen molar-refractivity contribution in [2.24, 2.45) is 11.1 Å². The van der Waals surface area contributed by atoms with Crippen LogP contribution in [0, 0.1) is 5.92 Å². The number of unbranched alkanes of at least 4 members (excludes halogenated alkanes) is 2. The lowest BCUT2D eigenvalue weighted by Crippen LogP contribution is -2.31. The van der Waals surface area contributed by atoms with Gasteiger partial charge < -0.3 is 9.84 Å². The average Bonchev–Trinajstić information content (AvgIpc) is 2.20. The first-order valence-corrected chi connectivity index (χ1v) is 7.25. The van der Waals surface area contributed by atoms with Crippen molar-refractivity contribution < 1.29 is 27.2 Å². The Hall–Kier alpha value is -0.700. The maximum absolute atomic E-state index is 10.7. The molecule has 7 nitrogen and oxygen atoms in total. The van der Waals surface area contributed by atoms with E-state index in [9.17, 15) is 18.3 Å². The summed E-state index contributed by atoms with van der Waals surface area (Å²) in [5, 5.41) is 14.3. The van der Waals surface area contributed by atoms with Gasteiger partial charge in [-0.15, -0.1) is 0 Å². The van der Waals surface area contributed by atoms with E-state index in [1.807, 2.05) is 6.92 Å². The van der Waals surface area contributed by atoms with Gasteiger partial charge in [-0.25, -0.2) is 5.14 Å². The number of nitrogens with two attached hydrogens (primary N) is 1. The van der Waals surface area contributed by atoms with Gasteiger partial charge in [0.25, 0.3) is 0 Å². The highest BCUT2D eigenvalue weighted by Crippen LogP contribution is 2.16. The van der Waals surface area contributed by atoms with Crippen LogP contribution >= 0.6 is 0 Å². The standard InChI is InChI=1S/C10H21NO6S/c1-3-4-5-6-9(7-16-18(11,14)15)10(13)17-8(2)12/h9-10,13H,3-7H2,1-2H3,(H2,11,14,15)/t9?,10-/m0/s1. The van der Waals surface area contributed by atoms with Gasteiger partial charge in [0.2, 0.25) is 6.29 Å². The monoisotopic (exact) mass is 283 g/mol. The molecule has 0 saturated heterocycles. The van der Waals surface area contributed by atoms with Crippen LogP contribution in [0.1, 0.15) is 39.5 Å². The van der Waals surface area contributed by atoms with Crippen LogP contribution in [0.3, 0.4) is 0 Å². The second-order valence-electron chi connectivity index (χ2n) is 4.03. The molecule has 0 aliphatic heterocycles. The number of carbonyl (C=O) groups excluding carboxylic acids is 1. The molecule has 3 N–H and O–H groups in total. The lowest BCUT2D eigenvalue weighted by atomic mass is 10.0. The molecular weight excluding hydrogens is 262 g/mol. The van der Waals surface area contributed by atoms with Crippen LogP contribution in [0.2, 0.25) is 0 Å². The van der Waals surface area contributed by atoms with Crippen LogP contribution in [-0.2, 0) is 24.0 Å². The summed E-state index contributed by atoms with van der Waals surface area (Å²) < 4.78 is 30.4. The fourth-order valence-electron chi connectivity index (χ4n) is 1.41. The van der Waals surface area contributed by atoms with Gasteiger partial charge in [-0.2, -0.15) is 8.42 Å². The molecule has 1 unspecified atom stereocenters. The Morgan fingerprint density at radius 1 is 1.39 bits per heavy atom. The smallest absolute Gasteiger partial charge is 0.333 e. The number of esters is 1. The van der Waals surface area contributed by atoms with E-state index in [1.165, 1.54) is 0 Å². The third-order valence-electron chi connectivity index (χ3n) is 2.31. The summed E-state index contributed by atoms with van der Waals surface area (Å²) in [4.78, 5) is 10.7. The summed E-state index contributed by atoms with van der Waals surface area (Å²) in [5.74, 6) is -1.25. The molecule has 0 fully saturated rings. The van der Waals surface area contributed by atoms with Crippen LogP contribution < -0.4 is 5.14 Å².